The molecule has 0 spiro atoms. The van der Waals surface area contributed by atoms with Gasteiger partial charge in [-0.25, -0.2) is 0 Å². The molecule has 0 radical (unpaired) electrons. The van der Waals surface area contributed by atoms with Gasteiger partial charge in [0, 0.05) is 0 Å². The fourth-order valence-corrected chi connectivity index (χ4v) is 14.7. The van der Waals surface area contributed by atoms with Crippen LogP contribution in [0.5, 0.6) is 0 Å². The van der Waals surface area contributed by atoms with Gasteiger partial charge in [0.05, 0.1) is 30.8 Å². The molecule has 10 N–H and O–H groups in total. The Morgan fingerprint density at radius 1 is 0.703 bits per heavy atom. The van der Waals surface area contributed by atoms with Crippen molar-refractivity contribution in [3.05, 3.63) is 11.6 Å². The van der Waals surface area contributed by atoms with Crippen molar-refractivity contribution in [3.8, 4) is 0 Å². The van der Waals surface area contributed by atoms with E-state index in [2.05, 4.69) is 47.6 Å². The Balaban J connectivity index is 0.965. The molecule has 23 atom stereocenters. The van der Waals surface area contributed by atoms with Gasteiger partial charge in [0.1, 0.15) is 67.1 Å². The third-order valence-corrected chi connectivity index (χ3v) is 18.5. The number of fused-ring (bicyclic) bond motifs is 7. The van der Waals surface area contributed by atoms with Gasteiger partial charge in [-0.2, -0.15) is 0 Å². The molecular weight excluding hydrogens is 837 g/mol. The number of ether oxygens (including phenoxy) is 6. The lowest BCUT2D eigenvalue weighted by Crippen LogP contribution is -2.65. The molecule has 366 valence electrons. The maximum Gasteiger partial charge on any atom is 0.315 e. The predicted molar refractivity (Wildman–Crippen MR) is 224 cm³/mol. The van der Waals surface area contributed by atoms with Crippen molar-refractivity contribution in [3.63, 3.8) is 0 Å². The molecule has 0 aromatic carbocycles. The zero-order valence-corrected chi connectivity index (χ0v) is 38.4. The Kier molecular flexibility index (Phi) is 13.4. The largest absolute Gasteiger partial charge is 0.432 e. The van der Waals surface area contributed by atoms with Crippen LogP contribution >= 0.6 is 0 Å². The molecule has 3 aliphatic heterocycles. The average Bonchev–Trinajstić information content (AvgIpc) is 3.24. The number of allylic oxidation sites excluding steroid dienone is 2. The second-order valence-electron chi connectivity index (χ2n) is 22.8. The van der Waals surface area contributed by atoms with Crippen LogP contribution in [-0.4, -0.2) is 168 Å². The molecule has 0 aromatic rings. The summed E-state index contributed by atoms with van der Waals surface area (Å²) in [5, 5.41) is 107. The van der Waals surface area contributed by atoms with E-state index in [0.717, 1.165) is 51.4 Å². The quantitative estimate of drug-likeness (QED) is 0.119. The number of hydrogen-bond donors (Lipinski definition) is 10. The van der Waals surface area contributed by atoms with Crippen LogP contribution in [0.2, 0.25) is 0 Å². The van der Waals surface area contributed by atoms with Gasteiger partial charge in [0.15, 0.2) is 12.6 Å². The molecule has 8 aliphatic rings. The van der Waals surface area contributed by atoms with Crippen molar-refractivity contribution in [2.45, 2.75) is 211 Å². The van der Waals surface area contributed by atoms with Crippen LogP contribution in [0.1, 0.15) is 113 Å². The summed E-state index contributed by atoms with van der Waals surface area (Å²) in [5.74, 6) is 0.916. The van der Waals surface area contributed by atoms with Crippen molar-refractivity contribution >= 4 is 5.97 Å². The summed E-state index contributed by atoms with van der Waals surface area (Å²) in [5.41, 5.74) is -0.0911. The molecule has 7 fully saturated rings. The predicted octanol–water partition coefficient (Wildman–Crippen LogP) is 0.778. The van der Waals surface area contributed by atoms with Crippen LogP contribution in [-0.2, 0) is 33.2 Å². The number of aliphatic hydroxyl groups excluding tert-OH is 10. The summed E-state index contributed by atoms with van der Waals surface area (Å²) >= 11 is 0. The van der Waals surface area contributed by atoms with E-state index in [0.29, 0.717) is 30.6 Å². The monoisotopic (exact) mass is 913 g/mol. The van der Waals surface area contributed by atoms with Crippen LogP contribution in [0.4, 0.5) is 0 Å². The third kappa shape index (κ3) is 7.85. The highest BCUT2D eigenvalue weighted by Gasteiger charge is 2.67. The second-order valence-corrected chi connectivity index (χ2v) is 22.8. The molecule has 0 bridgehead atoms. The Hall–Kier alpha value is -1.39. The standard InChI is InChI=1S/C47H76O17/c1-21-30(50)32(52)35(55)40(60-21)63-38-26(18-48)61-39(37(57)34(38)54)59-19-27-31(51)33(53)36(56)41(62-27)64-42(58)47-15-12-23-22-8-11-28-44(4,5)29(49)13-14-45(28,6)24(22)9-10-25(23)46(47,7)20-43(2,3)16-17-47/h12,21-22,24-41,48-57H,8-11,13-20H2,1-7H3/t21-,22-,24-,25+,26+,27+,28-,29+,30-,31+,32+,33-,34+,35+,36+,37+,38+,39+,40+,41-,45+,46-,47-/m0/s1. The van der Waals surface area contributed by atoms with E-state index >= 15 is 0 Å². The number of rotatable bonds is 8. The number of carbonyl (C=O) groups excluding carboxylic acids is 1. The number of esters is 1. The summed E-state index contributed by atoms with van der Waals surface area (Å²) in [7, 11) is 0. The summed E-state index contributed by atoms with van der Waals surface area (Å²) in [6.07, 6.45) is -13.5. The molecule has 17 nitrogen and oxygen atoms in total. The summed E-state index contributed by atoms with van der Waals surface area (Å²) in [6.45, 7) is 13.8. The van der Waals surface area contributed by atoms with Gasteiger partial charge in [-0.1, -0.05) is 53.2 Å². The van der Waals surface area contributed by atoms with Gasteiger partial charge in [-0.05, 0) is 116 Å². The molecule has 3 heterocycles. The normalized spacial score (nSPS) is 53.4. The first-order valence-corrected chi connectivity index (χ1v) is 23.8. The minimum atomic E-state index is -1.83. The first kappa shape index (κ1) is 49.0. The van der Waals surface area contributed by atoms with Crippen molar-refractivity contribution in [2.24, 2.45) is 50.7 Å². The van der Waals surface area contributed by atoms with Crippen molar-refractivity contribution < 1.29 is 84.3 Å². The summed E-state index contributed by atoms with van der Waals surface area (Å²) in [6, 6.07) is 0. The number of hydrogen-bond acceptors (Lipinski definition) is 17. The zero-order valence-electron chi connectivity index (χ0n) is 38.4. The van der Waals surface area contributed by atoms with Crippen LogP contribution in [0.15, 0.2) is 11.6 Å². The van der Waals surface area contributed by atoms with Crippen LogP contribution < -0.4 is 0 Å². The Morgan fingerprint density at radius 2 is 1.36 bits per heavy atom. The summed E-state index contributed by atoms with van der Waals surface area (Å²) < 4.78 is 34.8. The lowest BCUT2D eigenvalue weighted by Gasteiger charge is -2.66. The van der Waals surface area contributed by atoms with Crippen molar-refractivity contribution in [1.29, 1.82) is 0 Å². The minimum Gasteiger partial charge on any atom is -0.432 e. The highest BCUT2D eigenvalue weighted by Crippen LogP contribution is 2.72. The molecular formula is C47H76O17. The van der Waals surface area contributed by atoms with Gasteiger partial charge >= 0.3 is 5.97 Å². The molecule has 3 saturated heterocycles. The first-order valence-electron chi connectivity index (χ1n) is 23.8. The number of carbonyl (C=O) groups is 1. The van der Waals surface area contributed by atoms with Crippen molar-refractivity contribution in [1.82, 2.24) is 0 Å². The summed E-state index contributed by atoms with van der Waals surface area (Å²) in [4.78, 5) is 15.0. The van der Waals surface area contributed by atoms with E-state index in [-0.39, 0.29) is 28.3 Å². The highest BCUT2D eigenvalue weighted by atomic mass is 16.8. The third-order valence-electron chi connectivity index (χ3n) is 18.5. The maximum absolute atomic E-state index is 15.0. The van der Waals surface area contributed by atoms with Crippen LogP contribution in [0, 0.1) is 50.7 Å². The highest BCUT2D eigenvalue weighted by molar-refractivity contribution is 5.79. The Bertz CT molecular complexity index is 1720. The van der Waals surface area contributed by atoms with E-state index in [4.69, 9.17) is 28.4 Å². The van der Waals surface area contributed by atoms with Gasteiger partial charge in [-0.15, -0.1) is 0 Å². The molecule has 8 rings (SSSR count). The second kappa shape index (κ2) is 17.5. The molecule has 17 heteroatoms. The number of aliphatic hydroxyl groups is 10. The fraction of sp³-hybridized carbons (Fsp3) is 0.936. The van der Waals surface area contributed by atoms with E-state index in [9.17, 15) is 55.9 Å². The van der Waals surface area contributed by atoms with Crippen LogP contribution in [0.3, 0.4) is 0 Å². The molecule has 0 unspecified atom stereocenters. The molecule has 0 aromatic heterocycles. The van der Waals surface area contributed by atoms with E-state index < -0.39 is 122 Å². The first-order chi connectivity index (χ1) is 29.9. The maximum atomic E-state index is 15.0. The van der Waals surface area contributed by atoms with Gasteiger partial charge in [-0.3, -0.25) is 4.79 Å². The topological polar surface area (TPSA) is 275 Å². The van der Waals surface area contributed by atoms with Gasteiger partial charge < -0.3 is 79.5 Å². The molecule has 4 saturated carbocycles. The molecule has 5 aliphatic carbocycles. The van der Waals surface area contributed by atoms with Crippen LogP contribution in [0.25, 0.3) is 0 Å². The van der Waals surface area contributed by atoms with Gasteiger partial charge in [0.25, 0.3) is 0 Å². The average molecular weight is 913 g/mol. The Labute approximate surface area is 376 Å². The molecule has 0 amide bonds. The van der Waals surface area contributed by atoms with E-state index in [1.807, 2.05) is 0 Å². The molecule has 64 heavy (non-hydrogen) atoms. The zero-order chi connectivity index (χ0) is 46.6. The van der Waals surface area contributed by atoms with Crippen molar-refractivity contribution in [2.75, 3.05) is 13.2 Å². The lowest BCUT2D eigenvalue weighted by atomic mass is 9.38. The van der Waals surface area contributed by atoms with E-state index in [1.165, 1.54) is 12.5 Å². The van der Waals surface area contributed by atoms with E-state index in [1.54, 1.807) is 0 Å². The smallest absolute Gasteiger partial charge is 0.315 e. The minimum absolute atomic E-state index is 0.0510. The SMILES string of the molecule is C[C@@H]1O[C@H](O[C@H]2[C@H](O)[C@@H](O)[C@H](OC[C@H]3O[C@@H](OC(=O)[C@@]45CC=C6[C@@H](CC[C@H]7[C@H]6CC[C@H]6C(C)(C)[C@H](O)CC[C@]76C)[C@]4(C)CC(C)(C)CC5)[C@H](O)[C@@H](O)[C@@H]3O)O[C@@H]2CO)[C@H](O)[C@H](O)[C@H]1O. The fourth-order valence-electron chi connectivity index (χ4n) is 14.7. The lowest BCUT2D eigenvalue weighted by molar-refractivity contribution is -0.361. The Morgan fingerprint density at radius 3 is 2.06 bits per heavy atom. The van der Waals surface area contributed by atoms with Gasteiger partial charge in [0.2, 0.25) is 6.29 Å².